The van der Waals surface area contributed by atoms with Gasteiger partial charge in [0.05, 0.1) is 30.6 Å². The zero-order chi connectivity index (χ0) is 22.2. The van der Waals surface area contributed by atoms with Crippen LogP contribution in [0.3, 0.4) is 0 Å². The van der Waals surface area contributed by atoms with Crippen molar-refractivity contribution >= 4 is 17.3 Å². The van der Waals surface area contributed by atoms with Gasteiger partial charge in [-0.05, 0) is 68.0 Å². The van der Waals surface area contributed by atoms with Crippen molar-refractivity contribution in [2.45, 2.75) is 32.1 Å². The molecule has 0 amide bonds. The van der Waals surface area contributed by atoms with Gasteiger partial charge in [-0.15, -0.1) is 0 Å². The molecule has 1 aliphatic carbocycles. The van der Waals surface area contributed by atoms with Crippen LogP contribution in [0.1, 0.15) is 30.4 Å². The van der Waals surface area contributed by atoms with E-state index in [9.17, 15) is 4.79 Å². The first-order valence-corrected chi connectivity index (χ1v) is 11.4. The van der Waals surface area contributed by atoms with Gasteiger partial charge >= 0.3 is 0 Å². The molecule has 1 saturated heterocycles. The first-order valence-electron chi connectivity index (χ1n) is 11.0. The molecule has 32 heavy (non-hydrogen) atoms. The van der Waals surface area contributed by atoms with Crippen LogP contribution < -0.4 is 19.9 Å². The van der Waals surface area contributed by atoms with E-state index in [1.165, 1.54) is 17.5 Å². The Kier molecular flexibility index (Phi) is 5.55. The molecule has 2 aromatic carbocycles. The van der Waals surface area contributed by atoms with E-state index in [-0.39, 0.29) is 5.56 Å². The van der Waals surface area contributed by atoms with Crippen LogP contribution in [0.4, 0.5) is 5.69 Å². The Balaban J connectivity index is 1.71. The molecule has 0 bridgehead atoms. The van der Waals surface area contributed by atoms with Crippen LogP contribution in [0.5, 0.6) is 11.5 Å². The second kappa shape index (κ2) is 8.51. The summed E-state index contributed by atoms with van der Waals surface area (Å²) in [5.74, 6) is 1.36. The summed E-state index contributed by atoms with van der Waals surface area (Å²) in [6.45, 7) is 2.03. The van der Waals surface area contributed by atoms with Crippen LogP contribution in [0.15, 0.2) is 41.2 Å². The van der Waals surface area contributed by atoms with Crippen LogP contribution in [-0.2, 0) is 12.8 Å². The van der Waals surface area contributed by atoms with E-state index >= 15 is 0 Å². The molecule has 1 aromatic heterocycles. The summed E-state index contributed by atoms with van der Waals surface area (Å²) in [4.78, 5) is 15.8. The zero-order valence-electron chi connectivity index (χ0n) is 18.4. The third-order valence-corrected chi connectivity index (χ3v) is 6.73. The van der Waals surface area contributed by atoms with E-state index in [2.05, 4.69) is 4.90 Å². The van der Waals surface area contributed by atoms with E-state index < -0.39 is 0 Å². The number of anilines is 1. The van der Waals surface area contributed by atoms with E-state index in [4.69, 9.17) is 26.2 Å². The van der Waals surface area contributed by atoms with Crippen LogP contribution in [0.2, 0.25) is 5.02 Å². The number of benzene rings is 2. The molecule has 1 aliphatic heterocycles. The topological polar surface area (TPSA) is 56.6 Å². The average Bonchev–Trinajstić information content (AvgIpc) is 3.52. The molecule has 0 atom stereocenters. The predicted octanol–water partition coefficient (Wildman–Crippen LogP) is 4.66. The molecule has 0 spiro atoms. The minimum Gasteiger partial charge on any atom is -0.497 e. The Hall–Kier alpha value is -2.99. The summed E-state index contributed by atoms with van der Waals surface area (Å²) in [7, 11) is 3.25. The summed E-state index contributed by atoms with van der Waals surface area (Å²) in [6, 6.07) is 11.6. The molecule has 3 aromatic rings. The maximum Gasteiger partial charge on any atom is 0.275 e. The second-order valence-electron chi connectivity index (χ2n) is 8.31. The van der Waals surface area contributed by atoms with E-state index in [0.29, 0.717) is 22.2 Å². The first kappa shape index (κ1) is 20.9. The lowest BCUT2D eigenvalue weighted by molar-refractivity contribution is 0.394. The number of fused-ring (bicyclic) bond motifs is 1. The lowest BCUT2D eigenvalue weighted by Gasteiger charge is -2.20. The third-order valence-electron chi connectivity index (χ3n) is 6.41. The van der Waals surface area contributed by atoms with Crippen molar-refractivity contribution in [3.63, 3.8) is 0 Å². The Morgan fingerprint density at radius 3 is 2.28 bits per heavy atom. The van der Waals surface area contributed by atoms with Crippen molar-refractivity contribution in [1.29, 1.82) is 0 Å². The summed E-state index contributed by atoms with van der Waals surface area (Å²) >= 11 is 6.60. The Bertz CT molecular complexity index is 1210. The average molecular weight is 452 g/mol. The second-order valence-corrected chi connectivity index (χ2v) is 8.71. The quantitative estimate of drug-likeness (QED) is 0.564. The van der Waals surface area contributed by atoms with Crippen LogP contribution in [0.25, 0.3) is 16.9 Å². The summed E-state index contributed by atoms with van der Waals surface area (Å²) in [5.41, 5.74) is 5.06. The maximum atomic E-state index is 13.5. The molecular formula is C25H26ClN3O3. The highest BCUT2D eigenvalue weighted by Gasteiger charge is 2.25. The molecule has 166 valence electrons. The smallest absolute Gasteiger partial charge is 0.275 e. The van der Waals surface area contributed by atoms with Crippen molar-refractivity contribution in [1.82, 2.24) is 9.78 Å². The monoisotopic (exact) mass is 451 g/mol. The van der Waals surface area contributed by atoms with E-state index in [1.807, 2.05) is 36.4 Å². The highest BCUT2D eigenvalue weighted by Crippen LogP contribution is 2.35. The fourth-order valence-electron chi connectivity index (χ4n) is 4.75. The Morgan fingerprint density at radius 1 is 0.906 bits per heavy atom. The highest BCUT2D eigenvalue weighted by molar-refractivity contribution is 6.32. The van der Waals surface area contributed by atoms with Gasteiger partial charge in [0.15, 0.2) is 0 Å². The minimum absolute atomic E-state index is 0.0865. The minimum atomic E-state index is -0.0865. The maximum absolute atomic E-state index is 13.5. The zero-order valence-corrected chi connectivity index (χ0v) is 19.1. The number of methoxy groups -OCH3 is 2. The number of hydrogen-bond acceptors (Lipinski definition) is 5. The van der Waals surface area contributed by atoms with Crippen LogP contribution in [-0.4, -0.2) is 37.1 Å². The number of aromatic nitrogens is 2. The third kappa shape index (κ3) is 3.62. The highest BCUT2D eigenvalue weighted by atomic mass is 35.5. The van der Waals surface area contributed by atoms with Gasteiger partial charge in [0.2, 0.25) is 0 Å². The molecule has 0 unspecified atom stereocenters. The molecule has 2 aliphatic rings. The van der Waals surface area contributed by atoms with Crippen LogP contribution >= 0.6 is 11.6 Å². The molecule has 1 fully saturated rings. The number of halogens is 1. The van der Waals surface area contributed by atoms with Gasteiger partial charge in [0, 0.05) is 36.0 Å². The molecule has 2 heterocycles. The van der Waals surface area contributed by atoms with Crippen molar-refractivity contribution in [2.75, 3.05) is 32.2 Å². The lowest BCUT2D eigenvalue weighted by atomic mass is 10.0. The van der Waals surface area contributed by atoms with Gasteiger partial charge in [-0.25, -0.2) is 0 Å². The molecule has 0 N–H and O–H groups in total. The van der Waals surface area contributed by atoms with Crippen molar-refractivity contribution in [3.8, 4) is 28.4 Å². The fraction of sp³-hybridized carbons (Fsp3) is 0.360. The van der Waals surface area contributed by atoms with Gasteiger partial charge in [0.25, 0.3) is 5.56 Å². The van der Waals surface area contributed by atoms with Crippen molar-refractivity contribution < 1.29 is 9.47 Å². The lowest BCUT2D eigenvalue weighted by Crippen LogP contribution is -2.26. The van der Waals surface area contributed by atoms with Gasteiger partial charge in [-0.2, -0.15) is 9.78 Å². The fourth-order valence-corrected chi connectivity index (χ4v) is 4.95. The molecule has 5 rings (SSSR count). The molecule has 0 saturated carbocycles. The summed E-state index contributed by atoms with van der Waals surface area (Å²) in [5, 5.41) is 5.36. The van der Waals surface area contributed by atoms with Gasteiger partial charge in [-0.3, -0.25) is 4.79 Å². The molecule has 6 nitrogen and oxygen atoms in total. The van der Waals surface area contributed by atoms with Gasteiger partial charge < -0.3 is 14.4 Å². The van der Waals surface area contributed by atoms with E-state index in [0.717, 1.165) is 60.4 Å². The van der Waals surface area contributed by atoms with Gasteiger partial charge in [-0.1, -0.05) is 11.6 Å². The first-order chi connectivity index (χ1) is 15.6. The standard InChI is InChI=1S/C25H26ClN3O3/c1-31-18-12-16(13-19(15-18)32-2)24-20-6-5-7-21(20)25(30)29(27-24)23-14-17(8-9-22(23)26)28-10-3-4-11-28/h8-9,12-15H,3-7,10-11H2,1-2H3. The number of ether oxygens (including phenoxy) is 2. The Morgan fingerprint density at radius 2 is 1.59 bits per heavy atom. The normalized spacial score (nSPS) is 15.2. The van der Waals surface area contributed by atoms with Crippen LogP contribution in [0, 0.1) is 0 Å². The largest absolute Gasteiger partial charge is 0.497 e. The summed E-state index contributed by atoms with van der Waals surface area (Å²) < 4.78 is 12.4. The number of hydrogen-bond donors (Lipinski definition) is 0. The number of rotatable bonds is 5. The molecule has 7 heteroatoms. The molecule has 0 radical (unpaired) electrons. The number of nitrogens with zero attached hydrogens (tertiary/aromatic N) is 3. The SMILES string of the molecule is COc1cc(OC)cc(-c2nn(-c3cc(N4CCCC4)ccc3Cl)c(=O)c3c2CCC3)c1. The summed E-state index contributed by atoms with van der Waals surface area (Å²) in [6.07, 6.45) is 4.86. The van der Waals surface area contributed by atoms with Gasteiger partial charge in [0.1, 0.15) is 11.5 Å². The van der Waals surface area contributed by atoms with E-state index in [1.54, 1.807) is 14.2 Å². The predicted molar refractivity (Wildman–Crippen MR) is 127 cm³/mol. The Labute approximate surface area is 192 Å². The molecular weight excluding hydrogens is 426 g/mol. The van der Waals surface area contributed by atoms with Crippen molar-refractivity contribution in [2.24, 2.45) is 0 Å². The van der Waals surface area contributed by atoms with Crippen molar-refractivity contribution in [3.05, 3.63) is 62.9 Å².